The summed E-state index contributed by atoms with van der Waals surface area (Å²) in [5.41, 5.74) is 2.40. The Balaban J connectivity index is 1.82. The van der Waals surface area contributed by atoms with Crippen molar-refractivity contribution in [3.05, 3.63) is 36.5 Å². The number of aromatic nitrogens is 1. The third kappa shape index (κ3) is 2.56. The van der Waals surface area contributed by atoms with E-state index in [0.29, 0.717) is 6.04 Å². The van der Waals surface area contributed by atoms with Crippen molar-refractivity contribution < 1.29 is 0 Å². The van der Waals surface area contributed by atoms with Crippen LogP contribution in [0.25, 0.3) is 10.9 Å². The number of anilines is 1. The first-order chi connectivity index (χ1) is 9.38. The fourth-order valence-electron chi connectivity index (χ4n) is 2.84. The summed E-state index contributed by atoms with van der Waals surface area (Å²) < 4.78 is 0. The Morgan fingerprint density at radius 3 is 3.11 bits per heavy atom. The van der Waals surface area contributed by atoms with Gasteiger partial charge >= 0.3 is 0 Å². The zero-order valence-electron chi connectivity index (χ0n) is 11.5. The van der Waals surface area contributed by atoms with E-state index in [1.54, 1.807) is 0 Å². The van der Waals surface area contributed by atoms with Gasteiger partial charge in [-0.25, -0.2) is 0 Å². The Morgan fingerprint density at radius 2 is 2.21 bits per heavy atom. The molecule has 1 aliphatic rings. The standard InChI is InChI=1S/C16H21N3/c1-2-9-17-14-8-11-19(12-14)15-7-3-5-13-6-4-10-18-16(13)15/h3-7,10,14,17H,2,8-9,11-12H2,1H3. The number of para-hydroxylation sites is 1. The predicted octanol–water partition coefficient (Wildman–Crippen LogP) is 2.81. The summed E-state index contributed by atoms with van der Waals surface area (Å²) in [7, 11) is 0. The van der Waals surface area contributed by atoms with Gasteiger partial charge in [0.05, 0.1) is 11.2 Å². The molecule has 0 spiro atoms. The Hall–Kier alpha value is -1.61. The molecular formula is C16H21N3. The van der Waals surface area contributed by atoms with Gasteiger partial charge < -0.3 is 10.2 Å². The molecule has 3 rings (SSSR count). The summed E-state index contributed by atoms with van der Waals surface area (Å²) in [5, 5.41) is 4.84. The SMILES string of the molecule is CCCNC1CCN(c2cccc3cccnc23)C1. The Bertz CT molecular complexity index is 547. The van der Waals surface area contributed by atoms with Gasteiger partial charge in [-0.3, -0.25) is 4.98 Å². The van der Waals surface area contributed by atoms with Crippen LogP contribution in [0.15, 0.2) is 36.5 Å². The van der Waals surface area contributed by atoms with E-state index < -0.39 is 0 Å². The smallest absolute Gasteiger partial charge is 0.0935 e. The number of nitrogens with zero attached hydrogens (tertiary/aromatic N) is 2. The highest BCUT2D eigenvalue weighted by molar-refractivity contribution is 5.90. The molecule has 0 saturated carbocycles. The minimum Gasteiger partial charge on any atom is -0.368 e. The van der Waals surface area contributed by atoms with Gasteiger partial charge in [0.2, 0.25) is 0 Å². The second kappa shape index (κ2) is 5.57. The highest BCUT2D eigenvalue weighted by atomic mass is 15.2. The van der Waals surface area contributed by atoms with Crippen molar-refractivity contribution in [1.82, 2.24) is 10.3 Å². The van der Waals surface area contributed by atoms with Crippen molar-refractivity contribution in [3.8, 4) is 0 Å². The molecule has 3 nitrogen and oxygen atoms in total. The van der Waals surface area contributed by atoms with Gasteiger partial charge in [0.15, 0.2) is 0 Å². The van der Waals surface area contributed by atoms with Crippen LogP contribution in [0.1, 0.15) is 19.8 Å². The molecule has 19 heavy (non-hydrogen) atoms. The molecule has 0 radical (unpaired) electrons. The topological polar surface area (TPSA) is 28.2 Å². The lowest BCUT2D eigenvalue weighted by Crippen LogP contribution is -2.33. The summed E-state index contributed by atoms with van der Waals surface area (Å²) in [6, 6.07) is 11.2. The molecule has 1 atom stereocenters. The van der Waals surface area contributed by atoms with E-state index in [1.165, 1.54) is 23.9 Å². The van der Waals surface area contributed by atoms with Gasteiger partial charge in [0.25, 0.3) is 0 Å². The van der Waals surface area contributed by atoms with Crippen LogP contribution in [0.4, 0.5) is 5.69 Å². The van der Waals surface area contributed by atoms with Gasteiger partial charge in [-0.15, -0.1) is 0 Å². The summed E-state index contributed by atoms with van der Waals surface area (Å²) in [5.74, 6) is 0. The van der Waals surface area contributed by atoms with Crippen molar-refractivity contribution in [2.75, 3.05) is 24.5 Å². The van der Waals surface area contributed by atoms with E-state index >= 15 is 0 Å². The molecular weight excluding hydrogens is 234 g/mol. The van der Waals surface area contributed by atoms with Crippen molar-refractivity contribution in [3.63, 3.8) is 0 Å². The highest BCUT2D eigenvalue weighted by Crippen LogP contribution is 2.27. The Morgan fingerprint density at radius 1 is 1.32 bits per heavy atom. The fraction of sp³-hybridized carbons (Fsp3) is 0.438. The van der Waals surface area contributed by atoms with Crippen LogP contribution in [0.5, 0.6) is 0 Å². The molecule has 1 aromatic heterocycles. The van der Waals surface area contributed by atoms with Crippen molar-refractivity contribution in [1.29, 1.82) is 0 Å². The molecule has 2 aromatic rings. The van der Waals surface area contributed by atoms with Crippen molar-refractivity contribution in [2.24, 2.45) is 0 Å². The maximum absolute atomic E-state index is 4.55. The number of hydrogen-bond donors (Lipinski definition) is 1. The van der Waals surface area contributed by atoms with Gasteiger partial charge in [0, 0.05) is 30.7 Å². The lowest BCUT2D eigenvalue weighted by molar-refractivity contribution is 0.549. The van der Waals surface area contributed by atoms with Crippen LogP contribution in [0.2, 0.25) is 0 Å². The van der Waals surface area contributed by atoms with Crippen LogP contribution in [-0.4, -0.2) is 30.7 Å². The normalized spacial score (nSPS) is 19.2. The van der Waals surface area contributed by atoms with Crippen LogP contribution >= 0.6 is 0 Å². The fourth-order valence-corrected chi connectivity index (χ4v) is 2.84. The molecule has 1 fully saturated rings. The summed E-state index contributed by atoms with van der Waals surface area (Å²) >= 11 is 0. The Kier molecular flexibility index (Phi) is 3.65. The second-order valence-electron chi connectivity index (χ2n) is 5.24. The lowest BCUT2D eigenvalue weighted by Gasteiger charge is -2.20. The predicted molar refractivity (Wildman–Crippen MR) is 80.7 cm³/mol. The van der Waals surface area contributed by atoms with Gasteiger partial charge in [0.1, 0.15) is 0 Å². The van der Waals surface area contributed by atoms with E-state index in [-0.39, 0.29) is 0 Å². The summed E-state index contributed by atoms with van der Waals surface area (Å²) in [6.07, 6.45) is 4.31. The zero-order chi connectivity index (χ0) is 13.1. The third-order valence-corrected chi connectivity index (χ3v) is 3.82. The first kappa shape index (κ1) is 12.4. The van der Waals surface area contributed by atoms with Crippen LogP contribution in [-0.2, 0) is 0 Å². The van der Waals surface area contributed by atoms with Gasteiger partial charge in [-0.05, 0) is 31.5 Å². The van der Waals surface area contributed by atoms with Crippen molar-refractivity contribution in [2.45, 2.75) is 25.8 Å². The van der Waals surface area contributed by atoms with Crippen molar-refractivity contribution >= 4 is 16.6 Å². The molecule has 1 aromatic carbocycles. The number of fused-ring (bicyclic) bond motifs is 1. The molecule has 1 N–H and O–H groups in total. The van der Waals surface area contributed by atoms with E-state index in [2.05, 4.69) is 46.4 Å². The van der Waals surface area contributed by atoms with E-state index in [1.807, 2.05) is 12.3 Å². The largest absolute Gasteiger partial charge is 0.368 e. The molecule has 0 bridgehead atoms. The van der Waals surface area contributed by atoms with Crippen LogP contribution in [0, 0.1) is 0 Å². The zero-order valence-corrected chi connectivity index (χ0v) is 11.5. The summed E-state index contributed by atoms with van der Waals surface area (Å²) in [4.78, 5) is 7.01. The number of rotatable bonds is 4. The average Bonchev–Trinajstić information content (AvgIpc) is 2.93. The summed E-state index contributed by atoms with van der Waals surface area (Å²) in [6.45, 7) is 5.55. The second-order valence-corrected chi connectivity index (χ2v) is 5.24. The first-order valence-electron chi connectivity index (χ1n) is 7.20. The van der Waals surface area contributed by atoms with Gasteiger partial charge in [-0.1, -0.05) is 25.1 Å². The average molecular weight is 255 g/mol. The third-order valence-electron chi connectivity index (χ3n) is 3.82. The number of benzene rings is 1. The maximum Gasteiger partial charge on any atom is 0.0935 e. The number of pyridine rings is 1. The Labute approximate surface area is 114 Å². The number of hydrogen-bond acceptors (Lipinski definition) is 3. The quantitative estimate of drug-likeness (QED) is 0.910. The molecule has 1 saturated heterocycles. The molecule has 1 aliphatic heterocycles. The monoisotopic (exact) mass is 255 g/mol. The van der Waals surface area contributed by atoms with E-state index in [4.69, 9.17) is 0 Å². The lowest BCUT2D eigenvalue weighted by atomic mass is 10.2. The highest BCUT2D eigenvalue weighted by Gasteiger charge is 2.23. The van der Waals surface area contributed by atoms with Gasteiger partial charge in [-0.2, -0.15) is 0 Å². The minimum atomic E-state index is 0.624. The van der Waals surface area contributed by atoms with E-state index in [0.717, 1.165) is 25.2 Å². The molecule has 3 heteroatoms. The number of nitrogens with one attached hydrogen (secondary N) is 1. The molecule has 100 valence electrons. The molecule has 1 unspecified atom stereocenters. The maximum atomic E-state index is 4.55. The first-order valence-corrected chi connectivity index (χ1v) is 7.20. The van der Waals surface area contributed by atoms with E-state index in [9.17, 15) is 0 Å². The van der Waals surface area contributed by atoms with Crippen LogP contribution < -0.4 is 10.2 Å². The molecule has 2 heterocycles. The molecule has 0 aliphatic carbocycles. The van der Waals surface area contributed by atoms with Crippen LogP contribution in [0.3, 0.4) is 0 Å². The molecule has 0 amide bonds. The minimum absolute atomic E-state index is 0.624.